The summed E-state index contributed by atoms with van der Waals surface area (Å²) in [4.78, 5) is 2.51. The first kappa shape index (κ1) is 30.5. The van der Waals surface area contributed by atoms with Gasteiger partial charge in [-0.1, -0.05) is 101 Å². The third-order valence-electron chi connectivity index (χ3n) is 8.66. The minimum absolute atomic E-state index is 0.0230. The van der Waals surface area contributed by atoms with Gasteiger partial charge < -0.3 is 10.2 Å². The maximum Gasteiger partial charge on any atom is 0.0444 e. The van der Waals surface area contributed by atoms with E-state index in [0.29, 0.717) is 0 Å². The summed E-state index contributed by atoms with van der Waals surface area (Å²) in [7, 11) is 0. The summed E-state index contributed by atoms with van der Waals surface area (Å²) in [6, 6.07) is 0. The summed E-state index contributed by atoms with van der Waals surface area (Å²) >= 11 is 0. The lowest BCUT2D eigenvalue weighted by atomic mass is 9.68. The lowest BCUT2D eigenvalue weighted by molar-refractivity contribution is 0.263. The molecule has 1 unspecified atom stereocenters. The molecule has 3 rings (SSSR count). The second-order valence-corrected chi connectivity index (χ2v) is 11.4. The Labute approximate surface area is 239 Å². The van der Waals surface area contributed by atoms with Gasteiger partial charge in [0, 0.05) is 41.0 Å². The van der Waals surface area contributed by atoms with E-state index in [1.54, 1.807) is 0 Å². The summed E-state index contributed by atoms with van der Waals surface area (Å²) in [5.74, 6) is 0. The number of rotatable bonds is 15. The molecular formula is C37H52N2. The van der Waals surface area contributed by atoms with E-state index in [0.717, 1.165) is 51.6 Å². The molecule has 0 aromatic heterocycles. The molecule has 1 heterocycles. The molecule has 0 bridgehead atoms. The van der Waals surface area contributed by atoms with Crippen molar-refractivity contribution in [3.8, 4) is 0 Å². The van der Waals surface area contributed by atoms with Crippen molar-refractivity contribution in [1.29, 1.82) is 0 Å². The number of hydrogen-bond acceptors (Lipinski definition) is 2. The quantitative estimate of drug-likeness (QED) is 0.130. The van der Waals surface area contributed by atoms with Crippen molar-refractivity contribution in [2.24, 2.45) is 10.8 Å². The topological polar surface area (TPSA) is 15.3 Å². The maximum absolute atomic E-state index is 4.23. The van der Waals surface area contributed by atoms with Crippen LogP contribution in [0.1, 0.15) is 84.5 Å². The number of nitrogens with one attached hydrogen (secondary N) is 1. The van der Waals surface area contributed by atoms with Crippen LogP contribution >= 0.6 is 0 Å². The highest BCUT2D eigenvalue weighted by Gasteiger charge is 2.46. The van der Waals surface area contributed by atoms with Crippen LogP contribution in [-0.2, 0) is 0 Å². The van der Waals surface area contributed by atoms with Gasteiger partial charge in [0.15, 0.2) is 0 Å². The van der Waals surface area contributed by atoms with Crippen LogP contribution in [-0.4, -0.2) is 18.0 Å². The molecule has 1 atom stereocenters. The van der Waals surface area contributed by atoms with Crippen LogP contribution in [0.4, 0.5) is 0 Å². The molecule has 2 aliphatic carbocycles. The molecule has 39 heavy (non-hydrogen) atoms. The number of nitrogens with zero attached hydrogens (tertiary/aromatic N) is 1. The molecule has 0 radical (unpaired) electrons. The van der Waals surface area contributed by atoms with E-state index >= 15 is 0 Å². The average Bonchev–Trinajstić information content (AvgIpc) is 3.18. The maximum atomic E-state index is 4.23. The minimum Gasteiger partial charge on any atom is -0.385 e. The zero-order chi connectivity index (χ0) is 28.1. The molecule has 0 saturated heterocycles. The van der Waals surface area contributed by atoms with Crippen molar-refractivity contribution < 1.29 is 0 Å². The second kappa shape index (κ2) is 15.0. The molecule has 1 aliphatic heterocycles. The van der Waals surface area contributed by atoms with Gasteiger partial charge >= 0.3 is 0 Å². The summed E-state index contributed by atoms with van der Waals surface area (Å²) in [5, 5.41) is 3.66. The lowest BCUT2D eigenvalue weighted by Crippen LogP contribution is -2.30. The van der Waals surface area contributed by atoms with Crippen molar-refractivity contribution in [3.63, 3.8) is 0 Å². The fraction of sp³-hybridized carbons (Fsp3) is 0.459. The Morgan fingerprint density at radius 2 is 1.72 bits per heavy atom. The van der Waals surface area contributed by atoms with Gasteiger partial charge in [0.1, 0.15) is 0 Å². The molecule has 2 heteroatoms. The average molecular weight is 525 g/mol. The van der Waals surface area contributed by atoms with Gasteiger partial charge in [0.25, 0.3) is 0 Å². The van der Waals surface area contributed by atoms with Crippen molar-refractivity contribution in [1.82, 2.24) is 10.2 Å². The van der Waals surface area contributed by atoms with E-state index in [2.05, 4.69) is 105 Å². The molecular weight excluding hydrogens is 472 g/mol. The first-order valence-electron chi connectivity index (χ1n) is 15.2. The summed E-state index contributed by atoms with van der Waals surface area (Å²) in [5.41, 5.74) is 6.90. The third-order valence-corrected chi connectivity index (χ3v) is 8.66. The number of hydrogen-bond donors (Lipinski definition) is 1. The first-order chi connectivity index (χ1) is 19.0. The van der Waals surface area contributed by atoms with Crippen molar-refractivity contribution >= 4 is 0 Å². The molecule has 2 nitrogen and oxygen atoms in total. The molecule has 0 aromatic carbocycles. The van der Waals surface area contributed by atoms with Gasteiger partial charge in [-0.15, -0.1) is 13.2 Å². The normalized spacial score (nSPS) is 21.8. The van der Waals surface area contributed by atoms with Gasteiger partial charge in [-0.05, 0) is 74.7 Å². The Kier molecular flexibility index (Phi) is 11.7. The Morgan fingerprint density at radius 1 is 0.949 bits per heavy atom. The van der Waals surface area contributed by atoms with E-state index in [-0.39, 0.29) is 10.8 Å². The van der Waals surface area contributed by atoms with Crippen LogP contribution in [0, 0.1) is 10.8 Å². The fourth-order valence-corrected chi connectivity index (χ4v) is 6.79. The Morgan fingerprint density at radius 3 is 2.38 bits per heavy atom. The van der Waals surface area contributed by atoms with Crippen LogP contribution in [0.5, 0.6) is 0 Å². The molecule has 0 amide bonds. The third kappa shape index (κ3) is 6.96. The van der Waals surface area contributed by atoms with Crippen molar-refractivity contribution in [2.45, 2.75) is 84.5 Å². The van der Waals surface area contributed by atoms with Crippen molar-refractivity contribution in [2.75, 3.05) is 13.1 Å². The summed E-state index contributed by atoms with van der Waals surface area (Å²) in [6.45, 7) is 22.9. The highest BCUT2D eigenvalue weighted by molar-refractivity contribution is 5.51. The highest BCUT2D eigenvalue weighted by Crippen LogP contribution is 2.56. The Hall–Kier alpha value is -3.00. The Balaban J connectivity index is 1.79. The van der Waals surface area contributed by atoms with E-state index in [4.69, 9.17) is 0 Å². The van der Waals surface area contributed by atoms with Gasteiger partial charge in [-0.2, -0.15) is 0 Å². The first-order valence-corrected chi connectivity index (χ1v) is 15.2. The van der Waals surface area contributed by atoms with Gasteiger partial charge in [-0.3, -0.25) is 0 Å². The van der Waals surface area contributed by atoms with E-state index in [1.165, 1.54) is 60.3 Å². The molecule has 210 valence electrons. The lowest BCUT2D eigenvalue weighted by Gasteiger charge is -2.38. The molecule has 1 N–H and O–H groups in total. The van der Waals surface area contributed by atoms with Crippen LogP contribution in [0.2, 0.25) is 0 Å². The van der Waals surface area contributed by atoms with E-state index in [9.17, 15) is 0 Å². The smallest absolute Gasteiger partial charge is 0.0444 e. The van der Waals surface area contributed by atoms with Gasteiger partial charge in [0.05, 0.1) is 0 Å². The van der Waals surface area contributed by atoms with Gasteiger partial charge in [-0.25, -0.2) is 0 Å². The molecule has 3 aliphatic rings. The second-order valence-electron chi connectivity index (χ2n) is 11.4. The number of allylic oxidation sites excluding steroid dienone is 12. The van der Waals surface area contributed by atoms with E-state index < -0.39 is 0 Å². The van der Waals surface area contributed by atoms with Crippen LogP contribution in [0.3, 0.4) is 0 Å². The van der Waals surface area contributed by atoms with Crippen molar-refractivity contribution in [3.05, 3.63) is 121 Å². The fourth-order valence-electron chi connectivity index (χ4n) is 6.79. The monoisotopic (exact) mass is 524 g/mol. The highest BCUT2D eigenvalue weighted by atomic mass is 15.2. The largest absolute Gasteiger partial charge is 0.385 e. The van der Waals surface area contributed by atoms with E-state index in [1.807, 2.05) is 12.2 Å². The van der Waals surface area contributed by atoms with Gasteiger partial charge in [0.2, 0.25) is 0 Å². The predicted octanol–water partition coefficient (Wildman–Crippen LogP) is 10.0. The zero-order valence-electron chi connectivity index (χ0n) is 24.8. The van der Waals surface area contributed by atoms with Crippen LogP contribution in [0.25, 0.3) is 0 Å². The summed E-state index contributed by atoms with van der Waals surface area (Å²) in [6.07, 6.45) is 36.8. The molecule has 1 saturated carbocycles. The Bertz CT molecular complexity index is 1070. The van der Waals surface area contributed by atoms with Crippen LogP contribution in [0.15, 0.2) is 121 Å². The van der Waals surface area contributed by atoms with Crippen LogP contribution < -0.4 is 5.32 Å². The predicted molar refractivity (Wildman–Crippen MR) is 172 cm³/mol. The molecule has 1 fully saturated rings. The molecule has 0 aromatic rings. The summed E-state index contributed by atoms with van der Waals surface area (Å²) < 4.78 is 0. The minimum atomic E-state index is 0.0230. The SMILES string of the molecule is C=CCCNC1=CCCC=C1C(C)(CC=C)C/C=C/C=C/C=C1/N(CCC)C(C=C)=C(C=C)C12CCCCC2. The zero-order valence-corrected chi connectivity index (χ0v) is 24.8. The molecule has 1 spiro atoms. The standard InChI is InChI=1S/C37H52N2/c1-7-12-29-38-33-23-18-17-22-32(33)36(6,25-8-2)26-19-14-13-16-24-35-37(27-20-15-21-28-37)31(10-4)34(11-5)39(35)30-9-3/h7-8,10-11,13-14,16,19,22-24,38H,1-2,4-5,9,12,15,17-18,20-21,25-30H2,3,6H3/b16-13+,19-14+,35-24+.